The number of nitro groups is 1. The Balaban J connectivity index is 2.33. The molecule has 0 radical (unpaired) electrons. The minimum absolute atomic E-state index is 0.0524. The van der Waals surface area contributed by atoms with Gasteiger partial charge in [0.05, 0.1) is 12.0 Å². The predicted molar refractivity (Wildman–Crippen MR) is 79.3 cm³/mol. The molecule has 0 N–H and O–H groups in total. The average Bonchev–Trinajstić information content (AvgIpc) is 2.80. The number of hydrogen-bond acceptors (Lipinski definition) is 7. The van der Waals surface area contributed by atoms with Gasteiger partial charge in [-0.3, -0.25) is 10.1 Å². The fraction of sp³-hybridized carbons (Fsp3) is 0.0909. The van der Waals surface area contributed by atoms with Crippen LogP contribution in [0.25, 0.3) is 0 Å². The number of carbonyl (C=O) groups excluding carboxylic acids is 1. The largest absolute Gasteiger partial charge is 0.465 e. The standard InChI is InChI=1S/C11H6BrClN2O5S/c1-19-10(16)8-9(13)14-11(21-8)20-6-4-2-3-5(7(6)12)15(17)18/h2-4H,1H3. The van der Waals surface area contributed by atoms with Gasteiger partial charge in [-0.05, 0) is 22.0 Å². The van der Waals surface area contributed by atoms with Crippen LogP contribution in [0, 0.1) is 10.1 Å². The highest BCUT2D eigenvalue weighted by Gasteiger charge is 2.21. The lowest BCUT2D eigenvalue weighted by Crippen LogP contribution is -1.98. The van der Waals surface area contributed by atoms with Gasteiger partial charge < -0.3 is 9.47 Å². The summed E-state index contributed by atoms with van der Waals surface area (Å²) in [5.41, 5.74) is -0.150. The van der Waals surface area contributed by atoms with E-state index in [1.54, 1.807) is 0 Å². The van der Waals surface area contributed by atoms with Gasteiger partial charge >= 0.3 is 5.97 Å². The smallest absolute Gasteiger partial charge is 0.351 e. The van der Waals surface area contributed by atoms with Crippen molar-refractivity contribution in [3.05, 3.63) is 42.8 Å². The van der Waals surface area contributed by atoms with Crippen molar-refractivity contribution >= 4 is 50.5 Å². The van der Waals surface area contributed by atoms with Crippen molar-refractivity contribution in [2.45, 2.75) is 0 Å². The molecular formula is C11H6BrClN2O5S. The Morgan fingerprint density at radius 1 is 1.52 bits per heavy atom. The summed E-state index contributed by atoms with van der Waals surface area (Å²) in [7, 11) is 1.22. The number of thiazole rings is 1. The van der Waals surface area contributed by atoms with E-state index in [0.717, 1.165) is 11.3 Å². The van der Waals surface area contributed by atoms with E-state index in [4.69, 9.17) is 16.3 Å². The van der Waals surface area contributed by atoms with Crippen molar-refractivity contribution in [3.8, 4) is 10.9 Å². The SMILES string of the molecule is COC(=O)c1sc(Oc2cccc([N+](=O)[O-])c2Br)nc1Cl. The fourth-order valence-electron chi connectivity index (χ4n) is 1.36. The van der Waals surface area contributed by atoms with Crippen LogP contribution in [0.4, 0.5) is 5.69 Å². The first-order valence-electron chi connectivity index (χ1n) is 5.29. The number of benzene rings is 1. The number of esters is 1. The molecule has 0 spiro atoms. The molecule has 0 unspecified atom stereocenters. The molecular weight excluding hydrogens is 388 g/mol. The predicted octanol–water partition coefficient (Wildman–Crippen LogP) is 4.05. The third kappa shape index (κ3) is 3.31. The summed E-state index contributed by atoms with van der Waals surface area (Å²) in [4.78, 5) is 25.7. The molecule has 0 atom stereocenters. The van der Waals surface area contributed by atoms with Crippen LogP contribution in [-0.2, 0) is 4.74 Å². The maximum absolute atomic E-state index is 11.4. The van der Waals surface area contributed by atoms with Crippen LogP contribution in [0.2, 0.25) is 5.15 Å². The van der Waals surface area contributed by atoms with Crippen molar-refractivity contribution in [3.63, 3.8) is 0 Å². The van der Waals surface area contributed by atoms with E-state index in [0.29, 0.717) is 0 Å². The molecule has 0 aliphatic rings. The van der Waals surface area contributed by atoms with Gasteiger partial charge in [-0.2, -0.15) is 4.98 Å². The number of rotatable bonds is 4. The molecule has 0 bridgehead atoms. The van der Waals surface area contributed by atoms with Crippen molar-refractivity contribution in [2.24, 2.45) is 0 Å². The molecule has 10 heteroatoms. The summed E-state index contributed by atoms with van der Waals surface area (Å²) in [6.07, 6.45) is 0. The minimum atomic E-state index is -0.634. The van der Waals surface area contributed by atoms with Crippen molar-refractivity contribution in [2.75, 3.05) is 7.11 Å². The van der Waals surface area contributed by atoms with Crippen LogP contribution in [0.1, 0.15) is 9.67 Å². The zero-order chi connectivity index (χ0) is 15.6. The van der Waals surface area contributed by atoms with Crippen LogP contribution in [0.15, 0.2) is 22.7 Å². The van der Waals surface area contributed by atoms with Crippen molar-refractivity contribution in [1.82, 2.24) is 4.98 Å². The molecule has 1 aromatic heterocycles. The summed E-state index contributed by atoms with van der Waals surface area (Å²) in [5.74, 6) is -0.448. The number of carbonyl (C=O) groups is 1. The topological polar surface area (TPSA) is 91.6 Å². The second-order valence-electron chi connectivity index (χ2n) is 3.54. The molecule has 7 nitrogen and oxygen atoms in total. The Kier molecular flexibility index (Phi) is 4.76. The lowest BCUT2D eigenvalue weighted by molar-refractivity contribution is -0.385. The Labute approximate surface area is 135 Å². The molecule has 0 saturated carbocycles. The summed E-state index contributed by atoms with van der Waals surface area (Å²) in [6.45, 7) is 0. The molecule has 21 heavy (non-hydrogen) atoms. The number of halogens is 2. The van der Waals surface area contributed by atoms with E-state index in [1.165, 1.54) is 25.3 Å². The number of ether oxygens (including phenoxy) is 2. The highest BCUT2D eigenvalue weighted by Crippen LogP contribution is 2.39. The first kappa shape index (κ1) is 15.7. The fourth-order valence-corrected chi connectivity index (χ4v) is 2.91. The van der Waals surface area contributed by atoms with Crippen LogP contribution in [0.3, 0.4) is 0 Å². The van der Waals surface area contributed by atoms with Gasteiger partial charge in [0.25, 0.3) is 10.9 Å². The van der Waals surface area contributed by atoms with E-state index in [-0.39, 0.29) is 31.1 Å². The minimum Gasteiger partial charge on any atom is -0.465 e. The molecule has 0 aliphatic carbocycles. The molecule has 0 saturated heterocycles. The third-order valence-electron chi connectivity index (χ3n) is 2.27. The summed E-state index contributed by atoms with van der Waals surface area (Å²) < 4.78 is 10.1. The molecule has 1 aromatic carbocycles. The van der Waals surface area contributed by atoms with Gasteiger partial charge in [0.15, 0.2) is 15.8 Å². The van der Waals surface area contributed by atoms with Crippen LogP contribution in [-0.4, -0.2) is 23.0 Å². The molecule has 2 rings (SSSR count). The van der Waals surface area contributed by atoms with E-state index < -0.39 is 10.9 Å². The third-order valence-corrected chi connectivity index (χ3v) is 4.37. The second kappa shape index (κ2) is 6.37. The molecule has 0 aliphatic heterocycles. The zero-order valence-electron chi connectivity index (χ0n) is 10.3. The first-order valence-corrected chi connectivity index (χ1v) is 7.28. The lowest BCUT2D eigenvalue weighted by atomic mass is 10.3. The lowest BCUT2D eigenvalue weighted by Gasteiger charge is -2.04. The Morgan fingerprint density at radius 3 is 2.86 bits per heavy atom. The van der Waals surface area contributed by atoms with Gasteiger partial charge in [0.1, 0.15) is 4.47 Å². The summed E-state index contributed by atoms with van der Waals surface area (Å²) in [6, 6.07) is 4.31. The second-order valence-corrected chi connectivity index (χ2v) is 5.65. The van der Waals surface area contributed by atoms with Gasteiger partial charge in [-0.1, -0.05) is 29.0 Å². The molecule has 0 amide bonds. The number of methoxy groups -OCH3 is 1. The number of nitro benzene ring substituents is 1. The Bertz CT molecular complexity index is 721. The van der Waals surface area contributed by atoms with E-state index in [1.807, 2.05) is 0 Å². The molecule has 0 fully saturated rings. The van der Waals surface area contributed by atoms with Crippen molar-refractivity contribution in [1.29, 1.82) is 0 Å². The van der Waals surface area contributed by atoms with E-state index in [2.05, 4.69) is 25.7 Å². The van der Waals surface area contributed by atoms with Gasteiger partial charge in [-0.25, -0.2) is 4.79 Å². The van der Waals surface area contributed by atoms with Gasteiger partial charge in [0, 0.05) is 6.07 Å². The highest BCUT2D eigenvalue weighted by atomic mass is 79.9. The first-order chi connectivity index (χ1) is 9.93. The maximum Gasteiger partial charge on any atom is 0.351 e. The summed E-state index contributed by atoms with van der Waals surface area (Å²) >= 11 is 9.78. The molecule has 110 valence electrons. The quantitative estimate of drug-likeness (QED) is 0.442. The molecule has 1 heterocycles. The average molecular weight is 394 g/mol. The van der Waals surface area contributed by atoms with Crippen LogP contribution >= 0.6 is 38.9 Å². The monoisotopic (exact) mass is 392 g/mol. The van der Waals surface area contributed by atoms with Crippen LogP contribution in [0.5, 0.6) is 10.9 Å². The number of nitrogens with zero attached hydrogens (tertiary/aromatic N) is 2. The zero-order valence-corrected chi connectivity index (χ0v) is 13.5. The Morgan fingerprint density at radius 2 is 2.24 bits per heavy atom. The van der Waals surface area contributed by atoms with Gasteiger partial charge in [-0.15, -0.1) is 0 Å². The molecule has 2 aromatic rings. The summed E-state index contributed by atoms with van der Waals surface area (Å²) in [5, 5.41) is 10.9. The normalized spacial score (nSPS) is 10.2. The van der Waals surface area contributed by atoms with Crippen molar-refractivity contribution < 1.29 is 19.2 Å². The van der Waals surface area contributed by atoms with E-state index in [9.17, 15) is 14.9 Å². The maximum atomic E-state index is 11.4. The number of hydrogen-bond donors (Lipinski definition) is 0. The van der Waals surface area contributed by atoms with Crippen LogP contribution < -0.4 is 4.74 Å². The van der Waals surface area contributed by atoms with E-state index >= 15 is 0 Å². The Hall–Kier alpha value is -1.71. The number of aromatic nitrogens is 1. The highest BCUT2D eigenvalue weighted by molar-refractivity contribution is 9.10. The van der Waals surface area contributed by atoms with Gasteiger partial charge in [0.2, 0.25) is 0 Å².